The van der Waals surface area contributed by atoms with Crippen molar-refractivity contribution in [2.75, 3.05) is 13.2 Å². The Kier molecular flexibility index (Phi) is 12.8. The van der Waals surface area contributed by atoms with Crippen molar-refractivity contribution in [3.8, 4) is 5.75 Å². The molecule has 3 N–H and O–H groups in total. The molecule has 3 rings (SSSR count). The molecule has 244 valence electrons. The molecule has 3 atom stereocenters. The van der Waals surface area contributed by atoms with Crippen molar-refractivity contribution in [2.24, 2.45) is 11.8 Å². The monoisotopic (exact) mass is 651 g/mol. The van der Waals surface area contributed by atoms with Gasteiger partial charge in [0.2, 0.25) is 17.6 Å². The van der Waals surface area contributed by atoms with Crippen molar-refractivity contribution in [1.82, 2.24) is 16.0 Å². The summed E-state index contributed by atoms with van der Waals surface area (Å²) in [5.41, 5.74) is 1.06. The number of halogens is 4. The number of carbonyl (C=O) groups is 4. The van der Waals surface area contributed by atoms with Gasteiger partial charge in [0.1, 0.15) is 18.5 Å². The van der Waals surface area contributed by atoms with Crippen molar-refractivity contribution in [2.45, 2.75) is 65.0 Å². The molecule has 1 saturated heterocycles. The van der Waals surface area contributed by atoms with E-state index in [1.165, 1.54) is 0 Å². The number of amides is 3. The first-order valence-electron chi connectivity index (χ1n) is 14.5. The second kappa shape index (κ2) is 16.3. The first-order chi connectivity index (χ1) is 21.2. The zero-order chi connectivity index (χ0) is 33.3. The Morgan fingerprint density at radius 1 is 1.11 bits per heavy atom. The minimum absolute atomic E-state index is 0.0564. The third-order valence-corrected chi connectivity index (χ3v) is 7.39. The number of nitrogens with one attached hydrogen (secondary N) is 3. The van der Waals surface area contributed by atoms with E-state index in [1.54, 1.807) is 6.07 Å². The van der Waals surface area contributed by atoms with Crippen LogP contribution in [0.5, 0.6) is 5.75 Å². The van der Waals surface area contributed by atoms with Gasteiger partial charge in [-0.05, 0) is 62.6 Å². The summed E-state index contributed by atoms with van der Waals surface area (Å²) in [6.45, 7) is 7.75. The van der Waals surface area contributed by atoms with E-state index >= 15 is 0 Å². The van der Waals surface area contributed by atoms with E-state index < -0.39 is 71.5 Å². The van der Waals surface area contributed by atoms with E-state index in [1.807, 2.05) is 32.0 Å². The largest absolute Gasteiger partial charge is 0.482 e. The van der Waals surface area contributed by atoms with E-state index in [9.17, 15) is 32.3 Å². The highest BCUT2D eigenvalue weighted by Crippen LogP contribution is 2.28. The Labute approximate surface area is 264 Å². The fraction of sp³-hybridized carbons (Fsp3) is 0.438. The third-order valence-electron chi connectivity index (χ3n) is 7.16. The molecule has 0 bridgehead atoms. The fourth-order valence-corrected chi connectivity index (χ4v) is 5.05. The molecule has 1 heterocycles. The molecule has 2 aromatic rings. The van der Waals surface area contributed by atoms with Gasteiger partial charge in [-0.15, -0.1) is 0 Å². The predicted octanol–water partition coefficient (Wildman–Crippen LogP) is 5.31. The standard InChI is InChI=1S/C32H37ClF3N3O6/c1-17(2)11-26(39-32(43)44-10-6-8-20-7-5-9-22(33)13-20)31(42)38-25(14-21-12-18(3)37-30(21)41)27(40)16-45-29-19(4)23(34)15-24(35)28(29)36/h5,7,9,13,15,17,21,25-26H,3,6,8,10-12,14,16H2,1-2,4H3,(H,37,41)(H,38,42)(H,39,43)/t21-,25-,26-/m0/s1. The molecule has 0 aromatic heterocycles. The van der Waals surface area contributed by atoms with Crippen LogP contribution in [0.3, 0.4) is 0 Å². The number of hydrogen-bond donors (Lipinski definition) is 3. The average Bonchev–Trinajstić information content (AvgIpc) is 3.29. The van der Waals surface area contributed by atoms with E-state index in [0.29, 0.717) is 29.6 Å². The predicted molar refractivity (Wildman–Crippen MR) is 161 cm³/mol. The van der Waals surface area contributed by atoms with Gasteiger partial charge in [0.15, 0.2) is 17.3 Å². The van der Waals surface area contributed by atoms with Crippen LogP contribution in [0.1, 0.15) is 50.7 Å². The summed E-state index contributed by atoms with van der Waals surface area (Å²) in [6.07, 6.45) is 0.517. The maximum absolute atomic E-state index is 14.3. The van der Waals surface area contributed by atoms with Crippen LogP contribution in [0.2, 0.25) is 5.02 Å². The highest BCUT2D eigenvalue weighted by molar-refractivity contribution is 6.30. The van der Waals surface area contributed by atoms with Crippen LogP contribution in [0, 0.1) is 36.2 Å². The SMILES string of the molecule is C=C1C[C@@H](C[C@H](NC(=O)[C@H](CC(C)C)NC(=O)OCCCc2cccc(Cl)c2)C(=O)COc2c(C)c(F)cc(F)c2F)C(=O)N1. The lowest BCUT2D eigenvalue weighted by molar-refractivity contribution is -0.131. The van der Waals surface area contributed by atoms with Gasteiger partial charge >= 0.3 is 6.09 Å². The molecule has 0 radical (unpaired) electrons. The molecule has 45 heavy (non-hydrogen) atoms. The number of ketones is 1. The lowest BCUT2D eigenvalue weighted by atomic mass is 9.94. The van der Waals surface area contributed by atoms with E-state index in [0.717, 1.165) is 12.5 Å². The third kappa shape index (κ3) is 10.5. The van der Waals surface area contributed by atoms with Crippen molar-refractivity contribution >= 4 is 35.3 Å². The topological polar surface area (TPSA) is 123 Å². The Morgan fingerprint density at radius 3 is 2.49 bits per heavy atom. The van der Waals surface area contributed by atoms with Gasteiger partial charge in [0.05, 0.1) is 12.6 Å². The first-order valence-corrected chi connectivity index (χ1v) is 14.9. The second-order valence-corrected chi connectivity index (χ2v) is 11.8. The second-order valence-electron chi connectivity index (χ2n) is 11.3. The number of carbonyl (C=O) groups excluding carboxylic acids is 4. The molecule has 1 aliphatic heterocycles. The summed E-state index contributed by atoms with van der Waals surface area (Å²) in [4.78, 5) is 51.6. The van der Waals surface area contributed by atoms with Crippen molar-refractivity contribution in [1.29, 1.82) is 0 Å². The van der Waals surface area contributed by atoms with Crippen LogP contribution < -0.4 is 20.7 Å². The van der Waals surface area contributed by atoms with Crippen LogP contribution in [0.4, 0.5) is 18.0 Å². The summed E-state index contributed by atoms with van der Waals surface area (Å²) in [5, 5.41) is 8.26. The molecular weight excluding hydrogens is 615 g/mol. The zero-order valence-electron chi connectivity index (χ0n) is 25.3. The number of aryl methyl sites for hydroxylation is 1. The Balaban J connectivity index is 1.68. The maximum atomic E-state index is 14.3. The average molecular weight is 652 g/mol. The number of hydrogen-bond acceptors (Lipinski definition) is 6. The fourth-order valence-electron chi connectivity index (χ4n) is 4.84. The van der Waals surface area contributed by atoms with E-state index in [2.05, 4.69) is 22.5 Å². The molecule has 0 saturated carbocycles. The van der Waals surface area contributed by atoms with Crippen LogP contribution in [-0.4, -0.2) is 49.0 Å². The van der Waals surface area contributed by atoms with E-state index in [4.69, 9.17) is 21.1 Å². The number of benzene rings is 2. The summed E-state index contributed by atoms with van der Waals surface area (Å²) in [7, 11) is 0. The van der Waals surface area contributed by atoms with Gasteiger partial charge < -0.3 is 25.4 Å². The lowest BCUT2D eigenvalue weighted by Crippen LogP contribution is -2.53. The number of rotatable bonds is 15. The highest BCUT2D eigenvalue weighted by atomic mass is 35.5. The molecule has 0 spiro atoms. The molecule has 0 unspecified atom stereocenters. The molecule has 1 fully saturated rings. The minimum Gasteiger partial charge on any atom is -0.482 e. The molecule has 1 aliphatic rings. The van der Waals surface area contributed by atoms with Gasteiger partial charge in [-0.3, -0.25) is 14.4 Å². The lowest BCUT2D eigenvalue weighted by Gasteiger charge is -2.25. The quantitative estimate of drug-likeness (QED) is 0.177. The van der Waals surface area contributed by atoms with Gasteiger partial charge in [-0.25, -0.2) is 13.6 Å². The van der Waals surface area contributed by atoms with Crippen molar-refractivity contribution < 1.29 is 41.8 Å². The van der Waals surface area contributed by atoms with Crippen LogP contribution in [-0.2, 0) is 25.5 Å². The van der Waals surface area contributed by atoms with Gasteiger partial charge in [-0.1, -0.05) is 44.2 Å². The smallest absolute Gasteiger partial charge is 0.407 e. The summed E-state index contributed by atoms with van der Waals surface area (Å²) in [5.74, 6) is -7.52. The van der Waals surface area contributed by atoms with Gasteiger partial charge in [0.25, 0.3) is 0 Å². The molecule has 2 aromatic carbocycles. The Morgan fingerprint density at radius 2 is 1.84 bits per heavy atom. The first kappa shape index (κ1) is 35.4. The Hall–Kier alpha value is -4.06. The van der Waals surface area contributed by atoms with E-state index in [-0.39, 0.29) is 37.4 Å². The highest BCUT2D eigenvalue weighted by Gasteiger charge is 2.35. The normalized spacial score (nSPS) is 15.8. The Bertz CT molecular complexity index is 1410. The number of allylic oxidation sites excluding steroid dienone is 1. The zero-order valence-corrected chi connectivity index (χ0v) is 26.1. The van der Waals surface area contributed by atoms with Crippen molar-refractivity contribution in [3.63, 3.8) is 0 Å². The van der Waals surface area contributed by atoms with Crippen LogP contribution in [0.15, 0.2) is 42.6 Å². The number of alkyl carbamates (subject to hydrolysis) is 1. The minimum atomic E-state index is -1.49. The number of Topliss-reactive ketones (excluding diaryl/α,β-unsaturated/α-hetero) is 1. The molecule has 3 amide bonds. The molecular formula is C32H37ClF3N3O6. The number of ether oxygens (including phenoxy) is 2. The molecule has 13 heteroatoms. The maximum Gasteiger partial charge on any atom is 0.407 e. The van der Waals surface area contributed by atoms with Gasteiger partial charge in [0, 0.05) is 28.3 Å². The molecule has 9 nitrogen and oxygen atoms in total. The summed E-state index contributed by atoms with van der Waals surface area (Å²) < 4.78 is 52.5. The van der Waals surface area contributed by atoms with Crippen LogP contribution in [0.25, 0.3) is 0 Å². The molecule has 0 aliphatic carbocycles. The summed E-state index contributed by atoms with van der Waals surface area (Å²) >= 11 is 5.99. The van der Waals surface area contributed by atoms with Crippen LogP contribution >= 0.6 is 11.6 Å². The van der Waals surface area contributed by atoms with Crippen molar-refractivity contribution in [3.05, 3.63) is 76.2 Å². The summed E-state index contributed by atoms with van der Waals surface area (Å²) in [6, 6.07) is 5.22. The van der Waals surface area contributed by atoms with Gasteiger partial charge in [-0.2, -0.15) is 4.39 Å².